The Balaban J connectivity index is 1.76. The van der Waals surface area contributed by atoms with E-state index in [-0.39, 0.29) is 5.57 Å². The van der Waals surface area contributed by atoms with Crippen molar-refractivity contribution in [3.05, 3.63) is 53.7 Å². The van der Waals surface area contributed by atoms with Crippen molar-refractivity contribution in [1.29, 1.82) is 0 Å². The third kappa shape index (κ3) is 5.79. The number of hydrogen-bond donors (Lipinski definition) is 2. The molecule has 39 heavy (non-hydrogen) atoms. The summed E-state index contributed by atoms with van der Waals surface area (Å²) < 4.78 is 18.6. The van der Waals surface area contributed by atoms with Crippen LogP contribution in [-0.4, -0.2) is 75.8 Å². The molecule has 2 aromatic carbocycles. The number of methoxy groups -OCH3 is 3. The van der Waals surface area contributed by atoms with Gasteiger partial charge in [0.2, 0.25) is 5.75 Å². The largest absolute Gasteiger partial charge is 0.493 e. The fraction of sp³-hybridized carbons (Fsp3) is 0.400. The summed E-state index contributed by atoms with van der Waals surface area (Å²) in [5.74, 6) is 0.346. The van der Waals surface area contributed by atoms with E-state index in [2.05, 4.69) is 33.1 Å². The molecule has 3 aromatic rings. The summed E-state index contributed by atoms with van der Waals surface area (Å²) in [4.78, 5) is 28.8. The van der Waals surface area contributed by atoms with Crippen molar-refractivity contribution in [2.75, 3.05) is 54.6 Å². The maximum absolute atomic E-state index is 13.2. The fourth-order valence-corrected chi connectivity index (χ4v) is 5.23. The predicted molar refractivity (Wildman–Crippen MR) is 153 cm³/mol. The van der Waals surface area contributed by atoms with Crippen molar-refractivity contribution in [3.63, 3.8) is 0 Å². The Labute approximate surface area is 229 Å². The highest BCUT2D eigenvalue weighted by atomic mass is 16.5. The Morgan fingerprint density at radius 2 is 1.62 bits per heavy atom. The standard InChI is InChI=1S/C30H38N4O5/c1-6-13-33(16-12-31-2)14-9-15-34-19-22(21-10-7-8-11-23(21)34)27-26(29(35)32-30(27)36)20-17-24(37-3)28(39-5)25(18-20)38-4/h7-8,10-11,17-19,31H,6,9,12-16H2,1-5H3,(H,32,35,36). The van der Waals surface area contributed by atoms with Crippen LogP contribution in [0.5, 0.6) is 17.2 Å². The maximum Gasteiger partial charge on any atom is 0.259 e. The van der Waals surface area contributed by atoms with Gasteiger partial charge in [-0.25, -0.2) is 0 Å². The first-order chi connectivity index (χ1) is 19.0. The van der Waals surface area contributed by atoms with Gasteiger partial charge in [0.15, 0.2) is 11.5 Å². The Kier molecular flexibility index (Phi) is 9.27. The zero-order valence-electron chi connectivity index (χ0n) is 23.4. The molecule has 0 unspecified atom stereocenters. The molecule has 0 atom stereocenters. The zero-order valence-corrected chi connectivity index (χ0v) is 23.4. The van der Waals surface area contributed by atoms with Crippen molar-refractivity contribution in [1.82, 2.24) is 20.1 Å². The Morgan fingerprint density at radius 3 is 2.26 bits per heavy atom. The number of nitrogens with zero attached hydrogens (tertiary/aromatic N) is 2. The number of carbonyl (C=O) groups is 2. The van der Waals surface area contributed by atoms with Crippen molar-refractivity contribution in [3.8, 4) is 17.2 Å². The minimum absolute atomic E-state index is 0.281. The number of carbonyl (C=O) groups excluding carboxylic acids is 2. The first kappa shape index (κ1) is 28.2. The fourth-order valence-electron chi connectivity index (χ4n) is 5.23. The van der Waals surface area contributed by atoms with Gasteiger partial charge in [-0.05, 0) is 56.7 Å². The quantitative estimate of drug-likeness (QED) is 0.306. The van der Waals surface area contributed by atoms with E-state index < -0.39 is 11.8 Å². The number of benzene rings is 2. The molecule has 208 valence electrons. The minimum Gasteiger partial charge on any atom is -0.493 e. The zero-order chi connectivity index (χ0) is 27.9. The summed E-state index contributed by atoms with van der Waals surface area (Å²) in [6.45, 7) is 7.00. The Morgan fingerprint density at radius 1 is 0.923 bits per heavy atom. The lowest BCUT2D eigenvalue weighted by Crippen LogP contribution is -2.32. The van der Waals surface area contributed by atoms with E-state index in [0.29, 0.717) is 28.4 Å². The number of ether oxygens (including phenoxy) is 3. The Bertz CT molecular complexity index is 1350. The number of amides is 2. The van der Waals surface area contributed by atoms with E-state index in [1.165, 1.54) is 21.3 Å². The molecular weight excluding hydrogens is 496 g/mol. The van der Waals surface area contributed by atoms with E-state index in [0.717, 1.165) is 62.0 Å². The molecule has 4 rings (SSSR count). The smallest absolute Gasteiger partial charge is 0.259 e. The molecule has 0 spiro atoms. The second-order valence-electron chi connectivity index (χ2n) is 9.50. The number of hydrogen-bond acceptors (Lipinski definition) is 7. The number of nitrogens with one attached hydrogen (secondary N) is 2. The van der Waals surface area contributed by atoms with E-state index in [4.69, 9.17) is 14.2 Å². The topological polar surface area (TPSA) is 94.1 Å². The van der Waals surface area contributed by atoms with Gasteiger partial charge in [-0.3, -0.25) is 14.9 Å². The van der Waals surface area contributed by atoms with Crippen molar-refractivity contribution in [2.45, 2.75) is 26.3 Å². The molecule has 0 saturated heterocycles. The van der Waals surface area contributed by atoms with E-state index >= 15 is 0 Å². The van der Waals surface area contributed by atoms with Crippen LogP contribution in [0.4, 0.5) is 0 Å². The molecule has 0 saturated carbocycles. The SMILES string of the molecule is CCCN(CCCn1cc(C2=C(c3cc(OC)c(OC)c(OC)c3)C(=O)NC2=O)c2ccccc21)CCNC. The van der Waals surface area contributed by atoms with Crippen molar-refractivity contribution < 1.29 is 23.8 Å². The lowest BCUT2D eigenvalue weighted by molar-refractivity contribution is -0.122. The maximum atomic E-state index is 13.2. The van der Waals surface area contributed by atoms with Gasteiger partial charge in [0.25, 0.3) is 11.8 Å². The van der Waals surface area contributed by atoms with E-state index in [9.17, 15) is 9.59 Å². The van der Waals surface area contributed by atoms with Gasteiger partial charge in [0, 0.05) is 42.3 Å². The van der Waals surface area contributed by atoms with Crippen LogP contribution in [0.1, 0.15) is 30.9 Å². The van der Waals surface area contributed by atoms with Gasteiger partial charge in [-0.1, -0.05) is 25.1 Å². The molecule has 0 bridgehead atoms. The van der Waals surface area contributed by atoms with Gasteiger partial charge in [-0.15, -0.1) is 0 Å². The van der Waals surface area contributed by atoms with Crippen LogP contribution >= 0.6 is 0 Å². The highest BCUT2D eigenvalue weighted by Crippen LogP contribution is 2.43. The van der Waals surface area contributed by atoms with Crippen LogP contribution in [0.25, 0.3) is 22.0 Å². The number of rotatable bonds is 14. The number of aromatic nitrogens is 1. The highest BCUT2D eigenvalue weighted by Gasteiger charge is 2.35. The normalized spacial score (nSPS) is 13.5. The van der Waals surface area contributed by atoms with Crippen LogP contribution in [-0.2, 0) is 16.1 Å². The Hall–Kier alpha value is -3.82. The van der Waals surface area contributed by atoms with Crippen LogP contribution in [0.2, 0.25) is 0 Å². The average Bonchev–Trinajstić information content (AvgIpc) is 3.46. The van der Waals surface area contributed by atoms with Gasteiger partial charge in [0.05, 0.1) is 32.5 Å². The third-order valence-electron chi connectivity index (χ3n) is 7.03. The van der Waals surface area contributed by atoms with Gasteiger partial charge in [0.1, 0.15) is 0 Å². The molecule has 0 fully saturated rings. The molecule has 1 aromatic heterocycles. The lowest BCUT2D eigenvalue weighted by Gasteiger charge is -2.21. The second kappa shape index (κ2) is 12.8. The van der Waals surface area contributed by atoms with Gasteiger partial charge >= 0.3 is 0 Å². The summed E-state index contributed by atoms with van der Waals surface area (Å²) in [7, 11) is 6.53. The third-order valence-corrected chi connectivity index (χ3v) is 7.03. The second-order valence-corrected chi connectivity index (χ2v) is 9.50. The molecule has 2 N–H and O–H groups in total. The molecule has 0 aliphatic carbocycles. The average molecular weight is 535 g/mol. The van der Waals surface area contributed by atoms with Gasteiger partial charge < -0.3 is 29.0 Å². The van der Waals surface area contributed by atoms with Crippen molar-refractivity contribution >= 4 is 33.9 Å². The number of para-hydroxylation sites is 1. The number of aryl methyl sites for hydroxylation is 1. The number of fused-ring (bicyclic) bond motifs is 1. The first-order valence-electron chi connectivity index (χ1n) is 13.3. The molecule has 1 aliphatic heterocycles. The summed E-state index contributed by atoms with van der Waals surface area (Å²) in [5.41, 5.74) is 2.88. The lowest BCUT2D eigenvalue weighted by atomic mass is 9.95. The summed E-state index contributed by atoms with van der Waals surface area (Å²) in [5, 5.41) is 6.65. The number of imide groups is 1. The van der Waals surface area contributed by atoms with E-state index in [1.807, 2.05) is 31.4 Å². The van der Waals surface area contributed by atoms with Crippen LogP contribution in [0, 0.1) is 0 Å². The summed E-state index contributed by atoms with van der Waals surface area (Å²) >= 11 is 0. The highest BCUT2D eigenvalue weighted by molar-refractivity contribution is 6.50. The molecule has 9 nitrogen and oxygen atoms in total. The number of likely N-dealkylation sites (N-methyl/N-ethyl adjacent to an activating group) is 1. The molecule has 2 heterocycles. The molecule has 0 radical (unpaired) electrons. The van der Waals surface area contributed by atoms with Crippen LogP contribution in [0.3, 0.4) is 0 Å². The molecule has 1 aliphatic rings. The summed E-state index contributed by atoms with van der Waals surface area (Å²) in [6, 6.07) is 11.4. The molecule has 9 heteroatoms. The van der Waals surface area contributed by atoms with Crippen LogP contribution < -0.4 is 24.8 Å². The molecular formula is C30H38N4O5. The first-order valence-corrected chi connectivity index (χ1v) is 13.3. The molecule has 2 amide bonds. The van der Waals surface area contributed by atoms with E-state index in [1.54, 1.807) is 12.1 Å². The van der Waals surface area contributed by atoms with Gasteiger partial charge in [-0.2, -0.15) is 0 Å². The van der Waals surface area contributed by atoms with Crippen LogP contribution in [0.15, 0.2) is 42.6 Å². The predicted octanol–water partition coefficient (Wildman–Crippen LogP) is 3.56. The monoisotopic (exact) mass is 534 g/mol. The van der Waals surface area contributed by atoms with Crippen molar-refractivity contribution in [2.24, 2.45) is 0 Å². The minimum atomic E-state index is -0.458. The summed E-state index contributed by atoms with van der Waals surface area (Å²) in [6.07, 6.45) is 4.07.